The molecule has 6 heteroatoms. The van der Waals surface area contributed by atoms with Crippen molar-refractivity contribution in [2.24, 2.45) is 5.92 Å². The van der Waals surface area contributed by atoms with Crippen LogP contribution in [0.3, 0.4) is 0 Å². The minimum atomic E-state index is -0.00491. The summed E-state index contributed by atoms with van der Waals surface area (Å²) < 4.78 is 5.30. The van der Waals surface area contributed by atoms with E-state index in [0.29, 0.717) is 32.1 Å². The van der Waals surface area contributed by atoms with Gasteiger partial charge in [-0.05, 0) is 18.8 Å². The normalized spacial score (nSPS) is 21.3. The second kappa shape index (κ2) is 6.75. The highest BCUT2D eigenvalue weighted by molar-refractivity contribution is 5.76. The fourth-order valence-corrected chi connectivity index (χ4v) is 2.52. The zero-order valence-corrected chi connectivity index (χ0v) is 11.6. The largest absolute Gasteiger partial charge is 0.381 e. The van der Waals surface area contributed by atoms with Gasteiger partial charge in [0, 0.05) is 52.9 Å². The van der Waals surface area contributed by atoms with E-state index >= 15 is 0 Å². The van der Waals surface area contributed by atoms with Crippen LogP contribution in [-0.2, 0) is 9.53 Å². The number of nitrogens with one attached hydrogen (secondary N) is 1. The van der Waals surface area contributed by atoms with Gasteiger partial charge in [-0.2, -0.15) is 0 Å². The maximum absolute atomic E-state index is 12.0. The molecule has 2 rings (SSSR count). The lowest BCUT2D eigenvalue weighted by Gasteiger charge is -2.34. The van der Waals surface area contributed by atoms with Gasteiger partial charge >= 0.3 is 6.03 Å². The molecule has 2 heterocycles. The number of urea groups is 1. The average Bonchev–Trinajstić information content (AvgIpc) is 2.46. The number of hydrogen-bond donors (Lipinski definition) is 1. The van der Waals surface area contributed by atoms with Crippen molar-refractivity contribution in [2.45, 2.75) is 19.8 Å². The summed E-state index contributed by atoms with van der Waals surface area (Å²) in [4.78, 5) is 26.8. The minimum Gasteiger partial charge on any atom is -0.381 e. The quantitative estimate of drug-likeness (QED) is 0.783. The summed E-state index contributed by atoms with van der Waals surface area (Å²) in [6, 6.07) is -0.00491. The molecule has 0 aromatic carbocycles. The van der Waals surface area contributed by atoms with Crippen LogP contribution in [-0.4, -0.2) is 67.7 Å². The van der Waals surface area contributed by atoms with Crippen molar-refractivity contribution >= 4 is 11.9 Å². The molecule has 2 aliphatic rings. The van der Waals surface area contributed by atoms with Crippen molar-refractivity contribution in [1.29, 1.82) is 0 Å². The molecule has 6 nitrogen and oxygen atoms in total. The summed E-state index contributed by atoms with van der Waals surface area (Å²) in [7, 11) is 0. The van der Waals surface area contributed by atoms with Gasteiger partial charge in [-0.15, -0.1) is 0 Å². The summed E-state index contributed by atoms with van der Waals surface area (Å²) >= 11 is 0. The Kier molecular flexibility index (Phi) is 5.01. The van der Waals surface area contributed by atoms with Gasteiger partial charge in [-0.25, -0.2) is 4.79 Å². The minimum absolute atomic E-state index is 0.00491. The predicted molar refractivity (Wildman–Crippen MR) is 70.8 cm³/mol. The van der Waals surface area contributed by atoms with E-state index in [4.69, 9.17) is 4.74 Å². The monoisotopic (exact) mass is 269 g/mol. The summed E-state index contributed by atoms with van der Waals surface area (Å²) in [6.45, 7) is 6.43. The van der Waals surface area contributed by atoms with E-state index in [-0.39, 0.29) is 11.9 Å². The molecule has 0 aromatic rings. The van der Waals surface area contributed by atoms with Gasteiger partial charge < -0.3 is 19.9 Å². The molecule has 0 spiro atoms. The smallest absolute Gasteiger partial charge is 0.317 e. The first-order valence-corrected chi connectivity index (χ1v) is 7.03. The molecule has 0 bridgehead atoms. The Morgan fingerprint density at radius 1 is 1.11 bits per heavy atom. The Hall–Kier alpha value is -1.30. The van der Waals surface area contributed by atoms with Crippen molar-refractivity contribution in [3.05, 3.63) is 0 Å². The lowest BCUT2D eigenvalue weighted by Crippen LogP contribution is -2.53. The Labute approximate surface area is 114 Å². The molecule has 0 saturated carbocycles. The Morgan fingerprint density at radius 3 is 2.26 bits per heavy atom. The van der Waals surface area contributed by atoms with Crippen LogP contribution >= 0.6 is 0 Å². The zero-order chi connectivity index (χ0) is 13.7. The number of carbonyl (C=O) groups excluding carboxylic acids is 2. The van der Waals surface area contributed by atoms with E-state index in [1.807, 2.05) is 0 Å². The van der Waals surface area contributed by atoms with E-state index < -0.39 is 0 Å². The van der Waals surface area contributed by atoms with E-state index in [9.17, 15) is 9.59 Å². The van der Waals surface area contributed by atoms with Gasteiger partial charge in [0.25, 0.3) is 0 Å². The first-order valence-electron chi connectivity index (χ1n) is 7.03. The second-order valence-corrected chi connectivity index (χ2v) is 5.23. The van der Waals surface area contributed by atoms with Gasteiger partial charge in [0.15, 0.2) is 0 Å². The number of nitrogens with zero attached hydrogens (tertiary/aromatic N) is 2. The molecule has 19 heavy (non-hydrogen) atoms. The molecule has 2 aliphatic heterocycles. The van der Waals surface area contributed by atoms with E-state index in [1.54, 1.807) is 16.7 Å². The first kappa shape index (κ1) is 14.1. The van der Waals surface area contributed by atoms with Crippen LogP contribution in [0.1, 0.15) is 19.8 Å². The molecule has 0 aromatic heterocycles. The molecular weight excluding hydrogens is 246 g/mol. The van der Waals surface area contributed by atoms with Crippen LogP contribution in [0, 0.1) is 5.92 Å². The number of hydrogen-bond acceptors (Lipinski definition) is 3. The van der Waals surface area contributed by atoms with Crippen molar-refractivity contribution in [3.8, 4) is 0 Å². The predicted octanol–water partition coefficient (Wildman–Crippen LogP) is 0.287. The van der Waals surface area contributed by atoms with Crippen molar-refractivity contribution < 1.29 is 14.3 Å². The van der Waals surface area contributed by atoms with Crippen LogP contribution in [0.15, 0.2) is 0 Å². The molecule has 0 aliphatic carbocycles. The number of rotatable bonds is 2. The maximum Gasteiger partial charge on any atom is 0.317 e. The third-order valence-electron chi connectivity index (χ3n) is 3.90. The van der Waals surface area contributed by atoms with Crippen LogP contribution in [0.2, 0.25) is 0 Å². The Balaban J connectivity index is 1.67. The third-order valence-corrected chi connectivity index (χ3v) is 3.90. The fraction of sp³-hybridized carbons (Fsp3) is 0.846. The van der Waals surface area contributed by atoms with Gasteiger partial charge in [0.1, 0.15) is 0 Å². The van der Waals surface area contributed by atoms with Crippen molar-refractivity contribution in [2.75, 3.05) is 45.9 Å². The molecule has 0 unspecified atom stereocenters. The average molecular weight is 269 g/mol. The summed E-state index contributed by atoms with van der Waals surface area (Å²) in [5, 5.41) is 2.99. The van der Waals surface area contributed by atoms with E-state index in [1.165, 1.54) is 0 Å². The van der Waals surface area contributed by atoms with Crippen LogP contribution in [0.4, 0.5) is 4.79 Å². The SMILES string of the molecule is CC(=O)N1CCN(C(=O)NCC2CCOCC2)CC1. The highest BCUT2D eigenvalue weighted by Crippen LogP contribution is 2.13. The topological polar surface area (TPSA) is 61.9 Å². The lowest BCUT2D eigenvalue weighted by atomic mass is 10.0. The molecule has 1 N–H and O–H groups in total. The second-order valence-electron chi connectivity index (χ2n) is 5.23. The van der Waals surface area contributed by atoms with Gasteiger partial charge in [-0.1, -0.05) is 0 Å². The molecule has 2 saturated heterocycles. The maximum atomic E-state index is 12.0. The Bertz CT molecular complexity index is 321. The van der Waals surface area contributed by atoms with E-state index in [2.05, 4.69) is 5.32 Å². The van der Waals surface area contributed by atoms with Gasteiger partial charge in [-0.3, -0.25) is 4.79 Å². The summed E-state index contributed by atoms with van der Waals surface area (Å²) in [6.07, 6.45) is 2.05. The number of ether oxygens (including phenoxy) is 1. The number of carbonyl (C=O) groups is 2. The van der Waals surface area contributed by atoms with E-state index in [0.717, 1.165) is 32.6 Å². The fourth-order valence-electron chi connectivity index (χ4n) is 2.52. The highest BCUT2D eigenvalue weighted by atomic mass is 16.5. The van der Waals surface area contributed by atoms with Crippen molar-refractivity contribution in [3.63, 3.8) is 0 Å². The number of piperazine rings is 1. The van der Waals surface area contributed by atoms with Gasteiger partial charge in [0.05, 0.1) is 0 Å². The van der Waals surface area contributed by atoms with Crippen LogP contribution in [0.5, 0.6) is 0 Å². The molecule has 3 amide bonds. The first-order chi connectivity index (χ1) is 9.16. The molecule has 0 atom stereocenters. The van der Waals surface area contributed by atoms with Gasteiger partial charge in [0.2, 0.25) is 5.91 Å². The summed E-state index contributed by atoms with van der Waals surface area (Å²) in [5.41, 5.74) is 0. The molecule has 2 fully saturated rings. The zero-order valence-electron chi connectivity index (χ0n) is 11.6. The standard InChI is InChI=1S/C13H23N3O3/c1-11(17)15-4-6-16(7-5-15)13(18)14-10-12-2-8-19-9-3-12/h12H,2-10H2,1H3,(H,14,18). The van der Waals surface area contributed by atoms with Crippen molar-refractivity contribution in [1.82, 2.24) is 15.1 Å². The molecular formula is C13H23N3O3. The molecule has 108 valence electrons. The van der Waals surface area contributed by atoms with Crippen LogP contribution < -0.4 is 5.32 Å². The number of amides is 3. The van der Waals surface area contributed by atoms with Crippen LogP contribution in [0.25, 0.3) is 0 Å². The summed E-state index contributed by atoms with van der Waals surface area (Å²) in [5.74, 6) is 0.624. The molecule has 0 radical (unpaired) electrons. The Morgan fingerprint density at radius 2 is 1.68 bits per heavy atom. The highest BCUT2D eigenvalue weighted by Gasteiger charge is 2.23. The third kappa shape index (κ3) is 4.09. The lowest BCUT2D eigenvalue weighted by molar-refractivity contribution is -0.130.